The first kappa shape index (κ1) is 13.9. The highest BCUT2D eigenvalue weighted by Gasteiger charge is 2.06. The van der Waals surface area contributed by atoms with E-state index in [1.165, 1.54) is 11.3 Å². The summed E-state index contributed by atoms with van der Waals surface area (Å²) in [6, 6.07) is 1.82. The molecule has 0 atom stereocenters. The monoisotopic (exact) mass is 298 g/mol. The van der Waals surface area contributed by atoms with Gasteiger partial charge in [0.25, 0.3) is 5.91 Å². The standard InChI is InChI=1S/C8H11BrN2OS.ClH/c1-10-2-3-11-8(12)7-4-6(9)5-13-7;/h4-5,10H,2-3H2,1H3,(H,11,12);1H. The van der Waals surface area contributed by atoms with Crippen LogP contribution in [-0.4, -0.2) is 26.0 Å². The summed E-state index contributed by atoms with van der Waals surface area (Å²) in [6.07, 6.45) is 0. The van der Waals surface area contributed by atoms with Crippen LogP contribution < -0.4 is 10.6 Å². The van der Waals surface area contributed by atoms with E-state index in [-0.39, 0.29) is 18.3 Å². The zero-order valence-electron chi connectivity index (χ0n) is 7.67. The van der Waals surface area contributed by atoms with Crippen LogP contribution in [-0.2, 0) is 0 Å². The van der Waals surface area contributed by atoms with Crippen molar-refractivity contribution in [3.05, 3.63) is 20.8 Å². The molecule has 2 N–H and O–H groups in total. The van der Waals surface area contributed by atoms with Crippen molar-refractivity contribution in [2.24, 2.45) is 0 Å². The Morgan fingerprint density at radius 3 is 2.79 bits per heavy atom. The van der Waals surface area contributed by atoms with E-state index in [1.54, 1.807) is 0 Å². The summed E-state index contributed by atoms with van der Waals surface area (Å²) in [4.78, 5) is 12.1. The van der Waals surface area contributed by atoms with E-state index in [4.69, 9.17) is 0 Å². The fraction of sp³-hybridized carbons (Fsp3) is 0.375. The van der Waals surface area contributed by atoms with Crippen molar-refractivity contribution in [3.8, 4) is 0 Å². The highest BCUT2D eigenvalue weighted by molar-refractivity contribution is 9.10. The quantitative estimate of drug-likeness (QED) is 0.834. The molecule has 0 bridgehead atoms. The number of amides is 1. The predicted molar refractivity (Wildman–Crippen MR) is 65.5 cm³/mol. The lowest BCUT2D eigenvalue weighted by Gasteiger charge is -2.01. The van der Waals surface area contributed by atoms with Crippen LogP contribution in [0, 0.1) is 0 Å². The second-order valence-corrected chi connectivity index (χ2v) is 4.32. The second-order valence-electron chi connectivity index (χ2n) is 2.49. The molecule has 14 heavy (non-hydrogen) atoms. The van der Waals surface area contributed by atoms with Gasteiger partial charge in [-0.25, -0.2) is 0 Å². The molecule has 0 aliphatic heterocycles. The SMILES string of the molecule is CNCCNC(=O)c1cc(Br)cs1.Cl. The Hall–Kier alpha value is -0.100. The molecule has 0 saturated heterocycles. The molecule has 0 aromatic carbocycles. The van der Waals surface area contributed by atoms with Gasteiger partial charge in [-0.3, -0.25) is 4.79 Å². The third kappa shape index (κ3) is 4.41. The van der Waals surface area contributed by atoms with Crippen molar-refractivity contribution in [2.75, 3.05) is 20.1 Å². The van der Waals surface area contributed by atoms with Crippen molar-refractivity contribution < 1.29 is 4.79 Å². The molecule has 0 saturated carbocycles. The molecule has 0 fully saturated rings. The molecule has 1 aromatic rings. The van der Waals surface area contributed by atoms with Crippen LogP contribution in [0.4, 0.5) is 0 Å². The van der Waals surface area contributed by atoms with E-state index in [9.17, 15) is 4.79 Å². The number of carbonyl (C=O) groups is 1. The maximum atomic E-state index is 11.4. The van der Waals surface area contributed by atoms with E-state index in [0.29, 0.717) is 6.54 Å². The molecule has 0 spiro atoms. The largest absolute Gasteiger partial charge is 0.350 e. The summed E-state index contributed by atoms with van der Waals surface area (Å²) in [5.41, 5.74) is 0. The first-order chi connectivity index (χ1) is 6.24. The van der Waals surface area contributed by atoms with Crippen molar-refractivity contribution >= 4 is 45.6 Å². The fourth-order valence-electron chi connectivity index (χ4n) is 0.820. The van der Waals surface area contributed by atoms with Crippen LogP contribution in [0.15, 0.2) is 15.9 Å². The minimum atomic E-state index is -0.00838. The van der Waals surface area contributed by atoms with Gasteiger partial charge in [-0.1, -0.05) is 0 Å². The summed E-state index contributed by atoms with van der Waals surface area (Å²) in [5, 5.41) is 7.66. The molecule has 0 aliphatic rings. The zero-order valence-corrected chi connectivity index (χ0v) is 10.9. The Labute approximate surface area is 102 Å². The molecule has 0 unspecified atom stereocenters. The summed E-state index contributed by atoms with van der Waals surface area (Å²) in [6.45, 7) is 1.45. The molecule has 0 radical (unpaired) electrons. The van der Waals surface area contributed by atoms with Crippen LogP contribution in [0.5, 0.6) is 0 Å². The smallest absolute Gasteiger partial charge is 0.261 e. The van der Waals surface area contributed by atoms with Crippen LogP contribution in [0.25, 0.3) is 0 Å². The van der Waals surface area contributed by atoms with Crippen LogP contribution in [0.1, 0.15) is 9.67 Å². The third-order valence-corrected chi connectivity index (χ3v) is 3.14. The topological polar surface area (TPSA) is 41.1 Å². The third-order valence-electron chi connectivity index (χ3n) is 1.45. The highest BCUT2D eigenvalue weighted by atomic mass is 79.9. The Bertz CT molecular complexity index is 293. The minimum Gasteiger partial charge on any atom is -0.350 e. The Morgan fingerprint density at radius 2 is 2.29 bits per heavy atom. The Balaban J connectivity index is 0.00000169. The highest BCUT2D eigenvalue weighted by Crippen LogP contribution is 2.19. The molecule has 1 heterocycles. The van der Waals surface area contributed by atoms with Gasteiger partial charge in [-0.2, -0.15) is 0 Å². The van der Waals surface area contributed by atoms with Crippen LogP contribution in [0.3, 0.4) is 0 Å². The summed E-state index contributed by atoms with van der Waals surface area (Å²) in [5.74, 6) is -0.00838. The molecule has 1 amide bonds. The first-order valence-corrected chi connectivity index (χ1v) is 5.58. The van der Waals surface area contributed by atoms with Gasteiger partial charge in [0.1, 0.15) is 0 Å². The van der Waals surface area contributed by atoms with Gasteiger partial charge < -0.3 is 10.6 Å². The molecular formula is C8H12BrClN2OS. The zero-order chi connectivity index (χ0) is 9.68. The van der Waals surface area contributed by atoms with E-state index in [0.717, 1.165) is 15.9 Å². The van der Waals surface area contributed by atoms with Gasteiger partial charge in [0.05, 0.1) is 4.88 Å². The maximum absolute atomic E-state index is 11.4. The number of hydrogen-bond acceptors (Lipinski definition) is 3. The number of carbonyl (C=O) groups excluding carboxylic acids is 1. The lowest BCUT2D eigenvalue weighted by Crippen LogP contribution is -2.29. The molecular weight excluding hydrogens is 288 g/mol. The Kier molecular flexibility index (Phi) is 7.17. The molecule has 3 nitrogen and oxygen atoms in total. The maximum Gasteiger partial charge on any atom is 0.261 e. The minimum absolute atomic E-state index is 0. The average molecular weight is 300 g/mol. The van der Waals surface area contributed by atoms with Gasteiger partial charge in [0, 0.05) is 22.9 Å². The molecule has 6 heteroatoms. The summed E-state index contributed by atoms with van der Waals surface area (Å²) in [7, 11) is 1.86. The number of nitrogens with one attached hydrogen (secondary N) is 2. The molecule has 1 rings (SSSR count). The van der Waals surface area contributed by atoms with Crippen molar-refractivity contribution in [1.82, 2.24) is 10.6 Å². The molecule has 80 valence electrons. The summed E-state index contributed by atoms with van der Waals surface area (Å²) < 4.78 is 0.955. The average Bonchev–Trinajstić information content (AvgIpc) is 2.52. The lowest BCUT2D eigenvalue weighted by molar-refractivity contribution is 0.0958. The number of likely N-dealkylation sites (N-methyl/N-ethyl adjacent to an activating group) is 1. The number of hydrogen-bond donors (Lipinski definition) is 2. The Morgan fingerprint density at radius 1 is 1.57 bits per heavy atom. The van der Waals surface area contributed by atoms with Crippen molar-refractivity contribution in [1.29, 1.82) is 0 Å². The second kappa shape index (κ2) is 7.23. The van der Waals surface area contributed by atoms with E-state index in [2.05, 4.69) is 26.6 Å². The van der Waals surface area contributed by atoms with E-state index in [1.807, 2.05) is 18.5 Å². The van der Waals surface area contributed by atoms with Gasteiger partial charge >= 0.3 is 0 Å². The predicted octanol–water partition coefficient (Wildman–Crippen LogP) is 1.88. The van der Waals surface area contributed by atoms with Crippen LogP contribution >= 0.6 is 39.7 Å². The summed E-state index contributed by atoms with van der Waals surface area (Å²) >= 11 is 4.74. The van der Waals surface area contributed by atoms with Gasteiger partial charge in [0.15, 0.2) is 0 Å². The van der Waals surface area contributed by atoms with E-state index >= 15 is 0 Å². The number of halogens is 2. The van der Waals surface area contributed by atoms with Crippen molar-refractivity contribution in [3.63, 3.8) is 0 Å². The fourth-order valence-corrected chi connectivity index (χ4v) is 2.16. The normalized spacial score (nSPS) is 9.29. The van der Waals surface area contributed by atoms with E-state index < -0.39 is 0 Å². The molecule has 0 aliphatic carbocycles. The molecule has 1 aromatic heterocycles. The number of thiophene rings is 1. The van der Waals surface area contributed by atoms with Gasteiger partial charge in [0.2, 0.25) is 0 Å². The van der Waals surface area contributed by atoms with Crippen molar-refractivity contribution in [2.45, 2.75) is 0 Å². The van der Waals surface area contributed by atoms with Crippen LogP contribution in [0.2, 0.25) is 0 Å². The van der Waals surface area contributed by atoms with Gasteiger partial charge in [-0.05, 0) is 29.0 Å². The van der Waals surface area contributed by atoms with Gasteiger partial charge in [-0.15, -0.1) is 23.7 Å². The number of rotatable bonds is 4. The first-order valence-electron chi connectivity index (χ1n) is 3.91. The lowest BCUT2D eigenvalue weighted by atomic mass is 10.4.